The summed E-state index contributed by atoms with van der Waals surface area (Å²) < 4.78 is 11.3. The molecule has 0 fully saturated rings. The predicted octanol–water partition coefficient (Wildman–Crippen LogP) is 3.01. The van der Waals surface area contributed by atoms with Crippen molar-refractivity contribution in [3.05, 3.63) is 16.1 Å². The average Bonchev–Trinajstić information content (AvgIpc) is 2.50. The lowest BCUT2D eigenvalue weighted by Crippen LogP contribution is -1.94. The van der Waals surface area contributed by atoms with Crippen molar-refractivity contribution < 1.29 is 14.6 Å². The van der Waals surface area contributed by atoms with Gasteiger partial charge in [-0.3, -0.25) is 0 Å². The predicted molar refractivity (Wildman–Crippen MR) is 56.0 cm³/mol. The van der Waals surface area contributed by atoms with Gasteiger partial charge in [-0.1, -0.05) is 13.8 Å². The Morgan fingerprint density at radius 2 is 2.14 bits per heavy atom. The molecule has 0 saturated heterocycles. The van der Waals surface area contributed by atoms with Gasteiger partial charge in [0.15, 0.2) is 11.5 Å². The van der Waals surface area contributed by atoms with Crippen LogP contribution in [0.15, 0.2) is 10.5 Å². The molecule has 0 amide bonds. The third-order valence-electron chi connectivity index (χ3n) is 2.20. The van der Waals surface area contributed by atoms with Crippen molar-refractivity contribution in [2.24, 2.45) is 0 Å². The van der Waals surface area contributed by atoms with E-state index in [1.165, 1.54) is 0 Å². The number of benzene rings is 1. The summed E-state index contributed by atoms with van der Waals surface area (Å²) in [5.74, 6) is 1.76. The Hall–Kier alpha value is -0.900. The molecule has 1 N–H and O–H groups in total. The lowest BCUT2D eigenvalue weighted by atomic mass is 10.0. The number of phenols is 1. The van der Waals surface area contributed by atoms with Crippen molar-refractivity contribution in [2.45, 2.75) is 19.8 Å². The summed E-state index contributed by atoms with van der Waals surface area (Å²) in [6, 6.07) is 1.60. The van der Waals surface area contributed by atoms with E-state index in [0.29, 0.717) is 11.5 Å². The maximum Gasteiger partial charge on any atom is 0.231 e. The zero-order valence-corrected chi connectivity index (χ0v) is 9.59. The summed E-state index contributed by atoms with van der Waals surface area (Å²) in [5.41, 5.74) is 0.856. The second-order valence-electron chi connectivity index (χ2n) is 3.51. The molecule has 0 radical (unpaired) electrons. The number of fused-ring (bicyclic) bond motifs is 1. The first-order valence-electron chi connectivity index (χ1n) is 4.42. The Labute approximate surface area is 90.8 Å². The number of rotatable bonds is 1. The van der Waals surface area contributed by atoms with Gasteiger partial charge in [-0.25, -0.2) is 0 Å². The molecule has 0 aromatic heterocycles. The van der Waals surface area contributed by atoms with Crippen LogP contribution in [0.2, 0.25) is 0 Å². The molecular formula is C10H11BrO3. The van der Waals surface area contributed by atoms with Crippen molar-refractivity contribution in [1.29, 1.82) is 0 Å². The maximum absolute atomic E-state index is 9.76. The molecule has 0 unspecified atom stereocenters. The van der Waals surface area contributed by atoms with E-state index in [2.05, 4.69) is 15.9 Å². The molecular weight excluding hydrogens is 248 g/mol. The van der Waals surface area contributed by atoms with Crippen LogP contribution in [0.5, 0.6) is 17.2 Å². The van der Waals surface area contributed by atoms with Gasteiger partial charge in [-0.05, 0) is 21.8 Å². The first kappa shape index (κ1) is 9.65. The van der Waals surface area contributed by atoms with Crippen LogP contribution < -0.4 is 9.47 Å². The van der Waals surface area contributed by atoms with E-state index in [0.717, 1.165) is 10.0 Å². The summed E-state index contributed by atoms with van der Waals surface area (Å²) in [4.78, 5) is 0. The lowest BCUT2D eigenvalue weighted by Gasteiger charge is -2.12. The van der Waals surface area contributed by atoms with Crippen LogP contribution >= 0.6 is 15.9 Å². The number of halogens is 1. The van der Waals surface area contributed by atoms with E-state index >= 15 is 0 Å². The second-order valence-corrected chi connectivity index (χ2v) is 4.30. The highest BCUT2D eigenvalue weighted by Crippen LogP contribution is 2.47. The van der Waals surface area contributed by atoms with Crippen LogP contribution in [-0.2, 0) is 0 Å². The van der Waals surface area contributed by atoms with Crippen LogP contribution in [-0.4, -0.2) is 11.9 Å². The molecule has 14 heavy (non-hydrogen) atoms. The molecule has 1 aliphatic heterocycles. The van der Waals surface area contributed by atoms with Gasteiger partial charge in [0.1, 0.15) is 5.75 Å². The van der Waals surface area contributed by atoms with Crippen molar-refractivity contribution in [1.82, 2.24) is 0 Å². The average molecular weight is 259 g/mol. The normalized spacial score (nSPS) is 13.7. The minimum atomic E-state index is 0.217. The van der Waals surface area contributed by atoms with Gasteiger partial charge in [0.2, 0.25) is 6.79 Å². The molecule has 1 heterocycles. The van der Waals surface area contributed by atoms with E-state index in [1.807, 2.05) is 13.8 Å². The first-order chi connectivity index (χ1) is 6.61. The number of aromatic hydroxyl groups is 1. The van der Waals surface area contributed by atoms with Gasteiger partial charge in [0.25, 0.3) is 0 Å². The lowest BCUT2D eigenvalue weighted by molar-refractivity contribution is 0.173. The zero-order valence-electron chi connectivity index (χ0n) is 8.00. The standard InChI is InChI=1S/C10H11BrO3/c1-5(2)8-6(12)3-7-10(9(8)11)14-4-13-7/h3,5,12H,4H2,1-2H3. The van der Waals surface area contributed by atoms with Gasteiger partial charge in [0.05, 0.1) is 4.47 Å². The van der Waals surface area contributed by atoms with E-state index < -0.39 is 0 Å². The Kier molecular flexibility index (Phi) is 2.31. The van der Waals surface area contributed by atoms with Gasteiger partial charge < -0.3 is 14.6 Å². The van der Waals surface area contributed by atoms with Crippen LogP contribution in [0, 0.1) is 0 Å². The molecule has 4 heteroatoms. The minimum absolute atomic E-state index is 0.217. The molecule has 0 atom stereocenters. The third-order valence-corrected chi connectivity index (χ3v) is 2.99. The quantitative estimate of drug-likeness (QED) is 0.842. The highest BCUT2D eigenvalue weighted by atomic mass is 79.9. The van der Waals surface area contributed by atoms with Crippen molar-refractivity contribution in [3.8, 4) is 17.2 Å². The number of ether oxygens (including phenoxy) is 2. The van der Waals surface area contributed by atoms with Crippen LogP contribution in [0.3, 0.4) is 0 Å². The molecule has 0 spiro atoms. The van der Waals surface area contributed by atoms with E-state index in [4.69, 9.17) is 9.47 Å². The van der Waals surface area contributed by atoms with Gasteiger partial charge in [-0.2, -0.15) is 0 Å². The van der Waals surface area contributed by atoms with E-state index in [-0.39, 0.29) is 18.5 Å². The highest BCUT2D eigenvalue weighted by molar-refractivity contribution is 9.10. The Bertz CT molecular complexity index is 374. The van der Waals surface area contributed by atoms with Gasteiger partial charge in [0, 0.05) is 11.6 Å². The second kappa shape index (κ2) is 3.35. The van der Waals surface area contributed by atoms with Crippen LogP contribution in [0.1, 0.15) is 25.3 Å². The van der Waals surface area contributed by atoms with E-state index in [9.17, 15) is 5.11 Å². The molecule has 3 nitrogen and oxygen atoms in total. The maximum atomic E-state index is 9.76. The Balaban J connectivity index is 2.62. The number of hydrogen-bond acceptors (Lipinski definition) is 3. The third kappa shape index (κ3) is 1.34. The smallest absolute Gasteiger partial charge is 0.231 e. The highest BCUT2D eigenvalue weighted by Gasteiger charge is 2.23. The largest absolute Gasteiger partial charge is 0.507 e. The fourth-order valence-electron chi connectivity index (χ4n) is 1.55. The summed E-state index contributed by atoms with van der Waals surface area (Å²) in [6.07, 6.45) is 0. The Morgan fingerprint density at radius 3 is 2.79 bits per heavy atom. The van der Waals surface area contributed by atoms with Crippen LogP contribution in [0.4, 0.5) is 0 Å². The molecule has 1 aromatic carbocycles. The van der Waals surface area contributed by atoms with Crippen molar-refractivity contribution >= 4 is 15.9 Å². The molecule has 0 saturated carbocycles. The summed E-state index contributed by atoms with van der Waals surface area (Å²) in [7, 11) is 0. The fraction of sp³-hybridized carbons (Fsp3) is 0.400. The SMILES string of the molecule is CC(C)c1c(O)cc2c(c1Br)OCO2. The monoisotopic (exact) mass is 258 g/mol. The van der Waals surface area contributed by atoms with Crippen molar-refractivity contribution in [2.75, 3.05) is 6.79 Å². The summed E-state index contributed by atoms with van der Waals surface area (Å²) in [5, 5.41) is 9.76. The molecule has 2 rings (SSSR count). The topological polar surface area (TPSA) is 38.7 Å². The van der Waals surface area contributed by atoms with E-state index in [1.54, 1.807) is 6.07 Å². The van der Waals surface area contributed by atoms with Crippen molar-refractivity contribution in [3.63, 3.8) is 0 Å². The molecule has 1 aliphatic rings. The molecule has 76 valence electrons. The van der Waals surface area contributed by atoms with Gasteiger partial charge in [-0.15, -0.1) is 0 Å². The molecule has 0 aliphatic carbocycles. The molecule has 0 bridgehead atoms. The fourth-order valence-corrected chi connectivity index (χ4v) is 2.52. The minimum Gasteiger partial charge on any atom is -0.507 e. The summed E-state index contributed by atoms with van der Waals surface area (Å²) >= 11 is 3.42. The Morgan fingerprint density at radius 1 is 1.43 bits per heavy atom. The van der Waals surface area contributed by atoms with Crippen LogP contribution in [0.25, 0.3) is 0 Å². The number of hydrogen-bond donors (Lipinski definition) is 1. The van der Waals surface area contributed by atoms with Gasteiger partial charge >= 0.3 is 0 Å². The summed E-state index contributed by atoms with van der Waals surface area (Å²) in [6.45, 7) is 4.25. The molecule has 1 aromatic rings. The number of phenolic OH excluding ortho intramolecular Hbond substituents is 1. The first-order valence-corrected chi connectivity index (χ1v) is 5.21. The zero-order chi connectivity index (χ0) is 10.3.